The van der Waals surface area contributed by atoms with Gasteiger partial charge in [0.2, 0.25) is 17.7 Å². The Kier molecular flexibility index (Phi) is 7.57. The molecule has 170 valence electrons. The van der Waals surface area contributed by atoms with Crippen LogP contribution in [0, 0.1) is 5.41 Å². The summed E-state index contributed by atoms with van der Waals surface area (Å²) in [6.45, 7) is 6.42. The molecule has 31 heavy (non-hydrogen) atoms. The highest BCUT2D eigenvalue weighted by Gasteiger charge is 2.45. The maximum absolute atomic E-state index is 13.4. The molecule has 1 N–H and O–H groups in total. The molecule has 2 fully saturated rings. The van der Waals surface area contributed by atoms with Crippen molar-refractivity contribution in [2.75, 3.05) is 19.0 Å². The zero-order chi connectivity index (χ0) is 22.6. The number of nitrogens with zero attached hydrogens (tertiary/aromatic N) is 3. The second-order valence-corrected chi connectivity index (χ2v) is 9.85. The predicted molar refractivity (Wildman–Crippen MR) is 119 cm³/mol. The molecule has 1 aliphatic heterocycles. The van der Waals surface area contributed by atoms with Gasteiger partial charge in [-0.2, -0.15) is 0 Å². The van der Waals surface area contributed by atoms with Crippen LogP contribution in [-0.4, -0.2) is 63.6 Å². The van der Waals surface area contributed by atoms with Crippen LogP contribution in [0.4, 0.5) is 0 Å². The van der Waals surface area contributed by atoms with Crippen LogP contribution in [0.5, 0.6) is 0 Å². The van der Waals surface area contributed by atoms with Crippen molar-refractivity contribution >= 4 is 29.3 Å². The number of rotatable bonds is 6. The first kappa shape index (κ1) is 23.5. The summed E-state index contributed by atoms with van der Waals surface area (Å²) in [5, 5.41) is 3.15. The minimum Gasteiger partial charge on any atom is -0.351 e. The predicted octanol–water partition coefficient (Wildman–Crippen LogP) is 2.90. The van der Waals surface area contributed by atoms with E-state index in [0.717, 1.165) is 25.7 Å². The Morgan fingerprint density at radius 1 is 1.23 bits per heavy atom. The highest BCUT2D eigenvalue weighted by Crippen LogP contribution is 2.31. The summed E-state index contributed by atoms with van der Waals surface area (Å²) < 4.78 is 0. The Hall–Kier alpha value is -2.15. The Balaban J connectivity index is 1.84. The molecule has 0 aromatic carbocycles. The lowest BCUT2D eigenvalue weighted by molar-refractivity contribution is -0.156. The number of alkyl halides is 1. The summed E-state index contributed by atoms with van der Waals surface area (Å²) in [4.78, 5) is 46.4. The fourth-order valence-electron chi connectivity index (χ4n) is 4.40. The van der Waals surface area contributed by atoms with Crippen molar-refractivity contribution in [1.82, 2.24) is 20.1 Å². The number of carbonyl (C=O) groups excluding carboxylic acids is 3. The van der Waals surface area contributed by atoms with Gasteiger partial charge in [-0.3, -0.25) is 19.4 Å². The molecule has 3 amide bonds. The van der Waals surface area contributed by atoms with Gasteiger partial charge in [0, 0.05) is 42.5 Å². The van der Waals surface area contributed by atoms with Gasteiger partial charge in [-0.15, -0.1) is 11.6 Å². The average molecular weight is 449 g/mol. The molecule has 0 radical (unpaired) electrons. The van der Waals surface area contributed by atoms with Crippen molar-refractivity contribution in [3.63, 3.8) is 0 Å². The van der Waals surface area contributed by atoms with Crippen LogP contribution in [0.25, 0.3) is 0 Å². The number of aromatic nitrogens is 1. The quantitative estimate of drug-likeness (QED) is 0.678. The summed E-state index contributed by atoms with van der Waals surface area (Å²) in [5.41, 5.74) is 0.155. The molecule has 2 heterocycles. The largest absolute Gasteiger partial charge is 0.351 e. The van der Waals surface area contributed by atoms with E-state index in [-0.39, 0.29) is 35.7 Å². The molecular formula is C23H33ClN4O3. The van der Waals surface area contributed by atoms with Gasteiger partial charge in [0.1, 0.15) is 11.9 Å². The van der Waals surface area contributed by atoms with E-state index >= 15 is 0 Å². The molecule has 3 rings (SSSR count). The Morgan fingerprint density at radius 2 is 1.90 bits per heavy atom. The summed E-state index contributed by atoms with van der Waals surface area (Å²) >= 11 is 5.95. The van der Waals surface area contributed by atoms with Crippen molar-refractivity contribution in [3.8, 4) is 0 Å². The van der Waals surface area contributed by atoms with Gasteiger partial charge < -0.3 is 15.1 Å². The molecular weight excluding hydrogens is 416 g/mol. The van der Waals surface area contributed by atoms with E-state index in [2.05, 4.69) is 10.3 Å². The minimum absolute atomic E-state index is 0.0339. The van der Waals surface area contributed by atoms with Crippen LogP contribution in [0.1, 0.15) is 64.5 Å². The van der Waals surface area contributed by atoms with Crippen molar-refractivity contribution in [2.24, 2.45) is 5.41 Å². The van der Waals surface area contributed by atoms with Crippen LogP contribution in [0.2, 0.25) is 0 Å². The fraction of sp³-hybridized carbons (Fsp3) is 0.652. The third kappa shape index (κ3) is 5.56. The lowest BCUT2D eigenvalue weighted by atomic mass is 9.91. The molecule has 1 saturated carbocycles. The maximum Gasteiger partial charge on any atom is 0.247 e. The first-order valence-corrected chi connectivity index (χ1v) is 11.6. The summed E-state index contributed by atoms with van der Waals surface area (Å²) in [5.74, 6) is -0.718. The average Bonchev–Trinajstić information content (AvgIpc) is 2.72. The zero-order valence-electron chi connectivity index (χ0n) is 18.6. The molecule has 1 aliphatic carbocycles. The third-order valence-corrected chi connectivity index (χ3v) is 6.29. The Morgan fingerprint density at radius 3 is 2.45 bits per heavy atom. The van der Waals surface area contributed by atoms with Crippen molar-refractivity contribution in [1.29, 1.82) is 0 Å². The number of halogens is 1. The number of nitrogens with one attached hydrogen (secondary N) is 1. The van der Waals surface area contributed by atoms with E-state index < -0.39 is 11.5 Å². The van der Waals surface area contributed by atoms with E-state index in [9.17, 15) is 14.4 Å². The maximum atomic E-state index is 13.4. The Bertz CT molecular complexity index is 784. The van der Waals surface area contributed by atoms with Crippen LogP contribution in [0.15, 0.2) is 24.5 Å². The zero-order valence-corrected chi connectivity index (χ0v) is 19.4. The highest BCUT2D eigenvalue weighted by atomic mass is 35.5. The van der Waals surface area contributed by atoms with Gasteiger partial charge >= 0.3 is 0 Å². The lowest BCUT2D eigenvalue weighted by Crippen LogP contribution is -2.65. The van der Waals surface area contributed by atoms with Crippen molar-refractivity contribution in [3.05, 3.63) is 30.1 Å². The van der Waals surface area contributed by atoms with Gasteiger partial charge in [-0.1, -0.05) is 46.1 Å². The smallest absolute Gasteiger partial charge is 0.247 e. The molecule has 1 aromatic heterocycles. The van der Waals surface area contributed by atoms with E-state index in [4.69, 9.17) is 11.6 Å². The number of amides is 3. The molecule has 0 spiro atoms. The standard InChI is InChI=1S/C23H33ClN4O3/c1-23(2,3)22(31)27-14-18(15-27)28(19(29)12-24)20(16-8-7-11-25-13-16)21(30)26-17-9-5-4-6-10-17/h7-8,11,13,17-18,20H,4-6,9-10,12,14-15H2,1-3H3,(H,26,30). The molecule has 8 heteroatoms. The van der Waals surface area contributed by atoms with E-state index in [1.54, 1.807) is 28.3 Å². The summed E-state index contributed by atoms with van der Waals surface area (Å²) in [6.07, 6.45) is 8.54. The van der Waals surface area contributed by atoms with Crippen LogP contribution in [-0.2, 0) is 14.4 Å². The van der Waals surface area contributed by atoms with Crippen LogP contribution >= 0.6 is 11.6 Å². The molecule has 2 aliphatic rings. The van der Waals surface area contributed by atoms with Gasteiger partial charge in [0.05, 0.1) is 6.04 Å². The normalized spacial score (nSPS) is 18.8. The second-order valence-electron chi connectivity index (χ2n) is 9.58. The topological polar surface area (TPSA) is 82.6 Å². The first-order chi connectivity index (χ1) is 14.7. The number of likely N-dealkylation sites (tertiary alicyclic amines) is 1. The van der Waals surface area contributed by atoms with Crippen LogP contribution < -0.4 is 5.32 Å². The minimum atomic E-state index is -0.821. The first-order valence-electron chi connectivity index (χ1n) is 11.1. The van der Waals surface area contributed by atoms with E-state index in [1.807, 2.05) is 26.8 Å². The van der Waals surface area contributed by atoms with Gasteiger partial charge in [-0.05, 0) is 18.9 Å². The molecule has 0 bridgehead atoms. The monoisotopic (exact) mass is 448 g/mol. The lowest BCUT2D eigenvalue weighted by Gasteiger charge is -2.49. The highest BCUT2D eigenvalue weighted by molar-refractivity contribution is 6.27. The van der Waals surface area contributed by atoms with Crippen molar-refractivity contribution in [2.45, 2.75) is 71.0 Å². The van der Waals surface area contributed by atoms with Gasteiger partial charge in [0.25, 0.3) is 0 Å². The number of carbonyl (C=O) groups is 3. The summed E-state index contributed by atoms with van der Waals surface area (Å²) in [6, 6.07) is 2.60. The van der Waals surface area contributed by atoms with Crippen LogP contribution in [0.3, 0.4) is 0 Å². The molecule has 1 atom stereocenters. The molecule has 7 nitrogen and oxygen atoms in total. The molecule has 1 saturated heterocycles. The molecule has 1 unspecified atom stereocenters. The third-order valence-electron chi connectivity index (χ3n) is 6.06. The number of pyridine rings is 1. The molecule has 1 aromatic rings. The number of hydrogen-bond acceptors (Lipinski definition) is 4. The second kappa shape index (κ2) is 9.98. The summed E-state index contributed by atoms with van der Waals surface area (Å²) in [7, 11) is 0. The fourth-order valence-corrected chi connectivity index (χ4v) is 4.54. The van der Waals surface area contributed by atoms with E-state index in [1.165, 1.54) is 6.42 Å². The number of hydrogen-bond donors (Lipinski definition) is 1. The van der Waals surface area contributed by atoms with Gasteiger partial charge in [0.15, 0.2) is 0 Å². The van der Waals surface area contributed by atoms with E-state index in [0.29, 0.717) is 18.7 Å². The van der Waals surface area contributed by atoms with Gasteiger partial charge in [-0.25, -0.2) is 0 Å². The SMILES string of the molecule is CC(C)(C)C(=O)N1CC(N(C(=O)CCl)C(C(=O)NC2CCCCC2)c2cccnc2)C1. The Labute approximate surface area is 189 Å². The van der Waals surface area contributed by atoms with Crippen molar-refractivity contribution < 1.29 is 14.4 Å².